The largest absolute Gasteiger partial charge is 0.375 e. The van der Waals surface area contributed by atoms with Crippen molar-refractivity contribution in [3.8, 4) is 0 Å². The molecule has 6 nitrogen and oxygen atoms in total. The van der Waals surface area contributed by atoms with Crippen LogP contribution in [0.4, 0.5) is 5.69 Å². The van der Waals surface area contributed by atoms with Gasteiger partial charge in [-0.25, -0.2) is 8.42 Å². The van der Waals surface area contributed by atoms with Crippen LogP contribution in [0.15, 0.2) is 57.9 Å². The number of nitrogens with one attached hydrogen (secondary N) is 1. The summed E-state index contributed by atoms with van der Waals surface area (Å²) in [6.07, 6.45) is 0. The molecule has 2 aromatic carbocycles. The molecule has 0 aromatic heterocycles. The molecule has 1 aliphatic heterocycles. The van der Waals surface area contributed by atoms with Gasteiger partial charge in [-0.2, -0.15) is 4.31 Å². The summed E-state index contributed by atoms with van der Waals surface area (Å²) in [7, 11) is -3.52. The maximum atomic E-state index is 12.7. The molecular formula is C19H22BrN3O3S. The topological polar surface area (TPSA) is 69.7 Å². The number of carbonyl (C=O) groups is 1. The van der Waals surface area contributed by atoms with Crippen molar-refractivity contribution in [2.24, 2.45) is 0 Å². The molecule has 1 N–H and O–H groups in total. The normalized spacial score (nSPS) is 15.6. The van der Waals surface area contributed by atoms with E-state index in [9.17, 15) is 13.2 Å². The lowest BCUT2D eigenvalue weighted by atomic mass is 10.2. The van der Waals surface area contributed by atoms with Crippen LogP contribution in [0.5, 0.6) is 0 Å². The number of anilines is 1. The van der Waals surface area contributed by atoms with Gasteiger partial charge < -0.3 is 10.2 Å². The number of benzene rings is 2. The van der Waals surface area contributed by atoms with Crippen LogP contribution in [0, 0.1) is 6.92 Å². The van der Waals surface area contributed by atoms with Crippen molar-refractivity contribution in [2.75, 3.05) is 38.0 Å². The summed E-state index contributed by atoms with van der Waals surface area (Å²) < 4.78 is 27.8. The first-order chi connectivity index (χ1) is 12.9. The van der Waals surface area contributed by atoms with Crippen molar-refractivity contribution in [3.05, 3.63) is 58.6 Å². The van der Waals surface area contributed by atoms with Crippen LogP contribution in [-0.2, 0) is 14.8 Å². The summed E-state index contributed by atoms with van der Waals surface area (Å²) in [6, 6.07) is 14.4. The summed E-state index contributed by atoms with van der Waals surface area (Å²) in [6.45, 7) is 3.48. The third kappa shape index (κ3) is 4.69. The van der Waals surface area contributed by atoms with Gasteiger partial charge in [-0.3, -0.25) is 4.79 Å². The molecule has 1 heterocycles. The minimum atomic E-state index is -3.52. The van der Waals surface area contributed by atoms with Crippen LogP contribution in [0.1, 0.15) is 5.56 Å². The molecule has 3 rings (SSSR count). The first kappa shape index (κ1) is 19.9. The zero-order chi connectivity index (χ0) is 19.4. The zero-order valence-electron chi connectivity index (χ0n) is 15.1. The van der Waals surface area contributed by atoms with Gasteiger partial charge in [0.2, 0.25) is 15.9 Å². The molecule has 0 atom stereocenters. The lowest BCUT2D eigenvalue weighted by molar-refractivity contribution is -0.130. The molecular weight excluding hydrogens is 430 g/mol. The smallest absolute Gasteiger partial charge is 0.243 e. The van der Waals surface area contributed by atoms with Crippen molar-refractivity contribution in [3.63, 3.8) is 0 Å². The standard InChI is InChI=1S/C19H22BrN3O3S/c1-15-6-8-16(9-7-15)27(25,26)23-12-10-22(11-13-23)19(24)14-21-18-5-3-2-4-17(18)20/h2-9,21H,10-14H2,1H3. The molecule has 0 bridgehead atoms. The van der Waals surface area contributed by atoms with Gasteiger partial charge in [0.15, 0.2) is 0 Å². The fourth-order valence-electron chi connectivity index (χ4n) is 2.92. The van der Waals surface area contributed by atoms with Gasteiger partial charge in [0, 0.05) is 36.3 Å². The van der Waals surface area contributed by atoms with E-state index in [-0.39, 0.29) is 12.5 Å². The fraction of sp³-hybridized carbons (Fsp3) is 0.316. The van der Waals surface area contributed by atoms with Gasteiger partial charge in [0.25, 0.3) is 0 Å². The third-order valence-electron chi connectivity index (χ3n) is 4.55. The number of rotatable bonds is 5. The Morgan fingerprint density at radius 1 is 1.04 bits per heavy atom. The lowest BCUT2D eigenvalue weighted by Crippen LogP contribution is -2.51. The van der Waals surface area contributed by atoms with Crippen molar-refractivity contribution in [2.45, 2.75) is 11.8 Å². The lowest BCUT2D eigenvalue weighted by Gasteiger charge is -2.34. The zero-order valence-corrected chi connectivity index (χ0v) is 17.5. The summed E-state index contributed by atoms with van der Waals surface area (Å²) in [5, 5.41) is 3.11. The highest BCUT2D eigenvalue weighted by Gasteiger charge is 2.29. The van der Waals surface area contributed by atoms with Crippen molar-refractivity contribution < 1.29 is 13.2 Å². The molecule has 0 radical (unpaired) electrons. The Labute approximate surface area is 168 Å². The number of piperazine rings is 1. The molecule has 8 heteroatoms. The van der Waals surface area contributed by atoms with E-state index < -0.39 is 10.0 Å². The average molecular weight is 452 g/mol. The SMILES string of the molecule is Cc1ccc(S(=O)(=O)N2CCN(C(=O)CNc3ccccc3Br)CC2)cc1. The number of carbonyl (C=O) groups excluding carboxylic acids is 1. The molecule has 1 fully saturated rings. The van der Waals surface area contributed by atoms with E-state index in [0.29, 0.717) is 31.1 Å². The maximum Gasteiger partial charge on any atom is 0.243 e. The van der Waals surface area contributed by atoms with Crippen LogP contribution in [0.25, 0.3) is 0 Å². The first-order valence-electron chi connectivity index (χ1n) is 8.71. The Hall–Kier alpha value is -1.90. The Morgan fingerprint density at radius 3 is 2.30 bits per heavy atom. The van der Waals surface area contributed by atoms with Crippen molar-refractivity contribution in [1.29, 1.82) is 0 Å². The van der Waals surface area contributed by atoms with E-state index in [1.54, 1.807) is 29.2 Å². The minimum Gasteiger partial charge on any atom is -0.375 e. The average Bonchev–Trinajstić information content (AvgIpc) is 2.67. The van der Waals surface area contributed by atoms with Gasteiger partial charge in [0.05, 0.1) is 11.4 Å². The van der Waals surface area contributed by atoms with Crippen LogP contribution < -0.4 is 5.32 Å². The number of hydrogen-bond donors (Lipinski definition) is 1. The first-order valence-corrected chi connectivity index (χ1v) is 10.9. The van der Waals surface area contributed by atoms with Crippen molar-refractivity contribution >= 4 is 37.5 Å². The molecule has 0 saturated carbocycles. The number of aryl methyl sites for hydroxylation is 1. The highest BCUT2D eigenvalue weighted by atomic mass is 79.9. The second-order valence-corrected chi connectivity index (χ2v) is 9.22. The number of halogens is 1. The van der Waals surface area contributed by atoms with E-state index in [1.807, 2.05) is 31.2 Å². The Bertz CT molecular complexity index is 908. The van der Waals surface area contributed by atoms with Gasteiger partial charge >= 0.3 is 0 Å². The second-order valence-electron chi connectivity index (χ2n) is 6.43. The minimum absolute atomic E-state index is 0.0434. The van der Waals surface area contributed by atoms with Gasteiger partial charge in [-0.1, -0.05) is 29.8 Å². The maximum absolute atomic E-state index is 12.7. The van der Waals surface area contributed by atoms with E-state index in [0.717, 1.165) is 15.7 Å². The molecule has 1 saturated heterocycles. The highest BCUT2D eigenvalue weighted by molar-refractivity contribution is 9.10. The predicted molar refractivity (Wildman–Crippen MR) is 109 cm³/mol. The molecule has 0 aliphatic carbocycles. The molecule has 0 spiro atoms. The number of para-hydroxylation sites is 1. The quantitative estimate of drug-likeness (QED) is 0.758. The number of hydrogen-bond acceptors (Lipinski definition) is 4. The third-order valence-corrected chi connectivity index (χ3v) is 7.16. The fourth-order valence-corrected chi connectivity index (χ4v) is 4.77. The molecule has 1 amide bonds. The summed E-state index contributed by atoms with van der Waals surface area (Å²) >= 11 is 3.44. The molecule has 0 unspecified atom stereocenters. The van der Waals surface area contributed by atoms with E-state index in [4.69, 9.17) is 0 Å². The molecule has 2 aromatic rings. The summed E-state index contributed by atoms with van der Waals surface area (Å²) in [4.78, 5) is 14.4. The number of nitrogens with zero attached hydrogens (tertiary/aromatic N) is 2. The molecule has 144 valence electrons. The van der Waals surface area contributed by atoms with Gasteiger partial charge in [0.1, 0.15) is 0 Å². The van der Waals surface area contributed by atoms with Crippen LogP contribution in [-0.4, -0.2) is 56.3 Å². The van der Waals surface area contributed by atoms with Crippen LogP contribution >= 0.6 is 15.9 Å². The highest BCUT2D eigenvalue weighted by Crippen LogP contribution is 2.21. The molecule has 27 heavy (non-hydrogen) atoms. The molecule has 1 aliphatic rings. The predicted octanol–water partition coefficient (Wildman–Crippen LogP) is 2.70. The number of amides is 1. The monoisotopic (exact) mass is 451 g/mol. The Morgan fingerprint density at radius 2 is 1.67 bits per heavy atom. The van der Waals surface area contributed by atoms with E-state index in [2.05, 4.69) is 21.2 Å². The second kappa shape index (κ2) is 8.41. The summed E-state index contributed by atoms with van der Waals surface area (Å²) in [5.74, 6) is -0.0434. The Kier molecular flexibility index (Phi) is 6.18. The van der Waals surface area contributed by atoms with Crippen molar-refractivity contribution in [1.82, 2.24) is 9.21 Å². The van der Waals surface area contributed by atoms with E-state index >= 15 is 0 Å². The van der Waals surface area contributed by atoms with Gasteiger partial charge in [-0.05, 0) is 47.1 Å². The number of sulfonamides is 1. The Balaban J connectivity index is 1.56. The van der Waals surface area contributed by atoms with Crippen LogP contribution in [0.3, 0.4) is 0 Å². The van der Waals surface area contributed by atoms with E-state index in [1.165, 1.54) is 4.31 Å². The van der Waals surface area contributed by atoms with Crippen LogP contribution in [0.2, 0.25) is 0 Å². The van der Waals surface area contributed by atoms with Gasteiger partial charge in [-0.15, -0.1) is 0 Å². The summed E-state index contributed by atoms with van der Waals surface area (Å²) in [5.41, 5.74) is 1.87.